The fourth-order valence-corrected chi connectivity index (χ4v) is 0.426. The van der Waals surface area contributed by atoms with Crippen molar-refractivity contribution in [1.82, 2.24) is 5.32 Å². The van der Waals surface area contributed by atoms with Crippen molar-refractivity contribution in [2.24, 2.45) is 16.5 Å². The summed E-state index contributed by atoms with van der Waals surface area (Å²) >= 11 is 0. The quantitative estimate of drug-likeness (QED) is 0.236. The standard InChI is InChI=1S/C5H12N4O3/c6-4(7)9-5(12)8-1-3(11)2-10/h3,10-11H,1-2H2,(H5,6,7,8,9,12)/t3-/m0/s1. The molecular weight excluding hydrogens is 164 g/mol. The molecule has 0 saturated carbocycles. The van der Waals surface area contributed by atoms with Gasteiger partial charge in [-0.2, -0.15) is 4.99 Å². The van der Waals surface area contributed by atoms with Gasteiger partial charge in [-0.15, -0.1) is 0 Å². The fourth-order valence-electron chi connectivity index (χ4n) is 0.426. The van der Waals surface area contributed by atoms with E-state index in [2.05, 4.69) is 10.3 Å². The normalized spacial score (nSPS) is 11.8. The number of aliphatic imine (C=N–C) groups is 1. The van der Waals surface area contributed by atoms with Crippen LogP contribution in [0.5, 0.6) is 0 Å². The summed E-state index contributed by atoms with van der Waals surface area (Å²) in [6.07, 6.45) is -0.997. The van der Waals surface area contributed by atoms with E-state index < -0.39 is 18.7 Å². The Balaban J connectivity index is 3.65. The summed E-state index contributed by atoms with van der Waals surface area (Å²) < 4.78 is 0. The van der Waals surface area contributed by atoms with Crippen LogP contribution in [0.25, 0.3) is 0 Å². The van der Waals surface area contributed by atoms with Crippen molar-refractivity contribution in [3.05, 3.63) is 0 Å². The summed E-state index contributed by atoms with van der Waals surface area (Å²) in [6, 6.07) is -0.748. The van der Waals surface area contributed by atoms with E-state index in [0.717, 1.165) is 0 Å². The van der Waals surface area contributed by atoms with Crippen molar-refractivity contribution in [2.75, 3.05) is 13.2 Å². The summed E-state index contributed by atoms with van der Waals surface area (Å²) in [7, 11) is 0. The van der Waals surface area contributed by atoms with Gasteiger partial charge in [0, 0.05) is 6.54 Å². The molecule has 0 fully saturated rings. The molecule has 0 saturated heterocycles. The summed E-state index contributed by atoms with van der Waals surface area (Å²) in [6.45, 7) is -0.520. The maximum Gasteiger partial charge on any atom is 0.344 e. The minimum atomic E-state index is -0.997. The van der Waals surface area contributed by atoms with Crippen LogP contribution < -0.4 is 16.8 Å². The van der Waals surface area contributed by atoms with E-state index in [9.17, 15) is 4.79 Å². The zero-order valence-electron chi connectivity index (χ0n) is 6.40. The maximum absolute atomic E-state index is 10.6. The maximum atomic E-state index is 10.6. The molecule has 0 unspecified atom stereocenters. The highest BCUT2D eigenvalue weighted by Crippen LogP contribution is 1.78. The van der Waals surface area contributed by atoms with Gasteiger partial charge >= 0.3 is 6.03 Å². The predicted molar refractivity (Wildman–Crippen MR) is 42.3 cm³/mol. The first kappa shape index (κ1) is 10.7. The van der Waals surface area contributed by atoms with E-state index in [1.165, 1.54) is 0 Å². The topological polar surface area (TPSA) is 134 Å². The molecule has 0 bridgehead atoms. The number of carbonyl (C=O) groups is 1. The molecule has 0 rings (SSSR count). The van der Waals surface area contributed by atoms with Gasteiger partial charge in [0.05, 0.1) is 12.7 Å². The van der Waals surface area contributed by atoms with Crippen LogP contribution in [0.15, 0.2) is 4.99 Å². The third-order valence-electron chi connectivity index (χ3n) is 0.930. The molecule has 7 N–H and O–H groups in total. The van der Waals surface area contributed by atoms with Gasteiger partial charge in [0.15, 0.2) is 5.96 Å². The summed E-state index contributed by atoms with van der Waals surface area (Å²) in [5, 5.41) is 19.3. The number of rotatable bonds is 3. The highest BCUT2D eigenvalue weighted by Gasteiger charge is 2.03. The van der Waals surface area contributed by atoms with Gasteiger partial charge in [-0.1, -0.05) is 0 Å². The first-order valence-corrected chi connectivity index (χ1v) is 3.22. The van der Waals surface area contributed by atoms with Gasteiger partial charge in [0.1, 0.15) is 0 Å². The number of hydrogen-bond donors (Lipinski definition) is 5. The van der Waals surface area contributed by atoms with Crippen LogP contribution in [0.3, 0.4) is 0 Å². The number of hydrogen-bond acceptors (Lipinski definition) is 3. The van der Waals surface area contributed by atoms with E-state index in [-0.39, 0.29) is 12.5 Å². The monoisotopic (exact) mass is 176 g/mol. The van der Waals surface area contributed by atoms with Crippen molar-refractivity contribution in [2.45, 2.75) is 6.10 Å². The Bertz CT molecular complexity index is 178. The van der Waals surface area contributed by atoms with Gasteiger partial charge in [-0.05, 0) is 0 Å². The third-order valence-corrected chi connectivity index (χ3v) is 0.930. The van der Waals surface area contributed by atoms with Crippen molar-refractivity contribution in [1.29, 1.82) is 0 Å². The van der Waals surface area contributed by atoms with E-state index in [1.54, 1.807) is 0 Å². The molecule has 0 spiro atoms. The lowest BCUT2D eigenvalue weighted by atomic mass is 10.4. The number of urea groups is 1. The lowest BCUT2D eigenvalue weighted by molar-refractivity contribution is 0.0963. The SMILES string of the molecule is NC(N)=NC(=O)NC[C@H](O)CO. The van der Waals surface area contributed by atoms with Crippen LogP contribution in [0, 0.1) is 0 Å². The average Bonchev–Trinajstić information content (AvgIpc) is 1.99. The number of aliphatic hydroxyl groups excluding tert-OH is 2. The second-order valence-corrected chi connectivity index (χ2v) is 2.06. The number of guanidine groups is 1. The number of amides is 2. The van der Waals surface area contributed by atoms with Gasteiger partial charge in [-0.3, -0.25) is 0 Å². The second-order valence-electron chi connectivity index (χ2n) is 2.06. The minimum Gasteiger partial charge on any atom is -0.394 e. The summed E-state index contributed by atoms with van der Waals surface area (Å²) in [5.41, 5.74) is 9.77. The Morgan fingerprint density at radius 1 is 1.58 bits per heavy atom. The first-order valence-electron chi connectivity index (χ1n) is 3.22. The molecular formula is C5H12N4O3. The fraction of sp³-hybridized carbons (Fsp3) is 0.600. The van der Waals surface area contributed by atoms with Crippen LogP contribution >= 0.6 is 0 Å². The molecule has 0 aliphatic heterocycles. The molecule has 0 aliphatic rings. The molecule has 0 aromatic rings. The lowest BCUT2D eigenvalue weighted by Gasteiger charge is -2.05. The Morgan fingerprint density at radius 3 is 2.58 bits per heavy atom. The molecule has 0 radical (unpaired) electrons. The van der Waals surface area contributed by atoms with Crippen molar-refractivity contribution >= 4 is 12.0 Å². The highest BCUT2D eigenvalue weighted by molar-refractivity contribution is 5.90. The predicted octanol–water partition coefficient (Wildman–Crippen LogP) is -2.68. The number of nitrogens with zero attached hydrogens (tertiary/aromatic N) is 1. The van der Waals surface area contributed by atoms with Crippen LogP contribution in [0.4, 0.5) is 4.79 Å². The Labute approximate surface area is 69.1 Å². The Morgan fingerprint density at radius 2 is 2.17 bits per heavy atom. The van der Waals surface area contributed by atoms with Crippen molar-refractivity contribution < 1.29 is 15.0 Å². The third kappa shape index (κ3) is 5.45. The molecule has 0 heterocycles. The largest absolute Gasteiger partial charge is 0.394 e. The van der Waals surface area contributed by atoms with Crippen LogP contribution in [0.2, 0.25) is 0 Å². The molecule has 70 valence electrons. The van der Waals surface area contributed by atoms with Crippen LogP contribution in [-0.2, 0) is 0 Å². The van der Waals surface area contributed by atoms with E-state index >= 15 is 0 Å². The minimum absolute atomic E-state index is 0.0912. The van der Waals surface area contributed by atoms with E-state index in [1.807, 2.05) is 0 Å². The Hall–Kier alpha value is -1.34. The van der Waals surface area contributed by atoms with Crippen LogP contribution in [0.1, 0.15) is 0 Å². The zero-order chi connectivity index (χ0) is 9.56. The molecule has 0 aromatic heterocycles. The zero-order valence-corrected chi connectivity index (χ0v) is 6.40. The first-order chi connectivity index (χ1) is 5.56. The lowest BCUT2D eigenvalue weighted by Crippen LogP contribution is -2.34. The smallest absolute Gasteiger partial charge is 0.344 e. The molecule has 2 amide bonds. The van der Waals surface area contributed by atoms with E-state index in [4.69, 9.17) is 21.7 Å². The van der Waals surface area contributed by atoms with Gasteiger partial charge < -0.3 is 27.0 Å². The van der Waals surface area contributed by atoms with Gasteiger partial charge in [0.2, 0.25) is 0 Å². The number of nitrogens with two attached hydrogens (primary N) is 2. The molecule has 7 heteroatoms. The number of nitrogens with one attached hydrogen (secondary N) is 1. The summed E-state index contributed by atoms with van der Waals surface area (Å²) in [5.74, 6) is -0.356. The highest BCUT2D eigenvalue weighted by atomic mass is 16.3. The molecule has 7 nitrogen and oxygen atoms in total. The molecule has 1 atom stereocenters. The average molecular weight is 176 g/mol. The number of carbonyl (C=O) groups excluding carboxylic acids is 1. The summed E-state index contributed by atoms with van der Waals surface area (Å²) in [4.78, 5) is 13.7. The molecule has 12 heavy (non-hydrogen) atoms. The van der Waals surface area contributed by atoms with Gasteiger partial charge in [0.25, 0.3) is 0 Å². The second kappa shape index (κ2) is 5.33. The molecule has 0 aromatic carbocycles. The molecule has 0 aliphatic carbocycles. The van der Waals surface area contributed by atoms with Crippen molar-refractivity contribution in [3.8, 4) is 0 Å². The Kier molecular flexibility index (Phi) is 4.73. The van der Waals surface area contributed by atoms with Gasteiger partial charge in [-0.25, -0.2) is 4.79 Å². The van der Waals surface area contributed by atoms with Crippen LogP contribution in [-0.4, -0.2) is 41.5 Å². The van der Waals surface area contributed by atoms with Crippen molar-refractivity contribution in [3.63, 3.8) is 0 Å². The van der Waals surface area contributed by atoms with E-state index in [0.29, 0.717) is 0 Å². The number of aliphatic hydroxyl groups is 2.